The van der Waals surface area contributed by atoms with Crippen LogP contribution in [0.3, 0.4) is 0 Å². The van der Waals surface area contributed by atoms with Gasteiger partial charge in [-0.3, -0.25) is 0 Å². The van der Waals surface area contributed by atoms with Gasteiger partial charge < -0.3 is 10.6 Å². The van der Waals surface area contributed by atoms with E-state index in [9.17, 15) is 22.4 Å². The molecule has 0 heterocycles. The minimum Gasteiger partial charge on any atom is -0.331 e. The first kappa shape index (κ1) is 17.8. The zero-order valence-electron chi connectivity index (χ0n) is 13.0. The van der Waals surface area contributed by atoms with Crippen molar-refractivity contribution in [3.63, 3.8) is 0 Å². The summed E-state index contributed by atoms with van der Waals surface area (Å²) in [6, 6.07) is 8.03. The first-order chi connectivity index (χ1) is 11.2. The molecule has 2 aromatic rings. The van der Waals surface area contributed by atoms with Crippen molar-refractivity contribution in [1.82, 2.24) is 5.32 Å². The lowest BCUT2D eigenvalue weighted by atomic mass is 10.0. The van der Waals surface area contributed by atoms with Crippen LogP contribution in [0.4, 0.5) is 28.0 Å². The van der Waals surface area contributed by atoms with Gasteiger partial charge in [-0.2, -0.15) is 13.2 Å². The number of halogens is 4. The molecule has 0 fully saturated rings. The molecule has 1 unspecified atom stereocenters. The van der Waals surface area contributed by atoms with Crippen LogP contribution in [0.1, 0.15) is 29.7 Å². The molecule has 0 aliphatic heterocycles. The van der Waals surface area contributed by atoms with Crippen LogP contribution in [-0.4, -0.2) is 6.03 Å². The van der Waals surface area contributed by atoms with E-state index >= 15 is 0 Å². The molecule has 7 heteroatoms. The monoisotopic (exact) mass is 340 g/mol. The summed E-state index contributed by atoms with van der Waals surface area (Å²) in [5.41, 5.74) is 0.248. The highest BCUT2D eigenvalue weighted by atomic mass is 19.4. The van der Waals surface area contributed by atoms with Gasteiger partial charge in [-0.1, -0.05) is 24.3 Å². The highest BCUT2D eigenvalue weighted by Gasteiger charge is 2.31. The lowest BCUT2D eigenvalue weighted by Crippen LogP contribution is -2.31. The molecule has 2 aromatic carbocycles. The van der Waals surface area contributed by atoms with Gasteiger partial charge in [-0.15, -0.1) is 0 Å². The first-order valence-corrected chi connectivity index (χ1v) is 7.18. The Morgan fingerprint density at radius 1 is 1.12 bits per heavy atom. The molecule has 0 bridgehead atoms. The summed E-state index contributed by atoms with van der Waals surface area (Å²) in [5, 5.41) is 4.69. The van der Waals surface area contributed by atoms with Gasteiger partial charge in [0, 0.05) is 0 Å². The molecule has 0 saturated carbocycles. The molecule has 2 amide bonds. The van der Waals surface area contributed by atoms with Crippen molar-refractivity contribution in [1.29, 1.82) is 0 Å². The molecule has 24 heavy (non-hydrogen) atoms. The van der Waals surface area contributed by atoms with Crippen molar-refractivity contribution in [2.45, 2.75) is 26.1 Å². The minimum atomic E-state index is -4.62. The van der Waals surface area contributed by atoms with Crippen molar-refractivity contribution in [2.24, 2.45) is 0 Å². The van der Waals surface area contributed by atoms with Crippen LogP contribution in [0, 0.1) is 12.7 Å². The Labute approximate surface area is 136 Å². The summed E-state index contributed by atoms with van der Waals surface area (Å²) < 4.78 is 51.6. The summed E-state index contributed by atoms with van der Waals surface area (Å²) in [4.78, 5) is 12.0. The number of alkyl halides is 3. The predicted molar refractivity (Wildman–Crippen MR) is 83.2 cm³/mol. The van der Waals surface area contributed by atoms with Gasteiger partial charge in [0.2, 0.25) is 0 Å². The molecular formula is C17H16F4N2O. The second-order valence-corrected chi connectivity index (χ2v) is 5.37. The number of hydrogen-bond donors (Lipinski definition) is 2. The van der Waals surface area contributed by atoms with Crippen molar-refractivity contribution >= 4 is 11.7 Å². The summed E-state index contributed by atoms with van der Waals surface area (Å²) >= 11 is 0. The molecule has 0 aliphatic carbocycles. The van der Waals surface area contributed by atoms with Crippen LogP contribution >= 0.6 is 0 Å². The number of urea groups is 1. The molecule has 2 rings (SSSR count). The number of anilines is 1. The molecule has 0 spiro atoms. The third kappa shape index (κ3) is 4.24. The molecule has 3 nitrogen and oxygen atoms in total. The van der Waals surface area contributed by atoms with E-state index in [4.69, 9.17) is 0 Å². The molecule has 0 aromatic heterocycles. The maximum atomic E-state index is 13.6. The van der Waals surface area contributed by atoms with E-state index in [1.165, 1.54) is 0 Å². The van der Waals surface area contributed by atoms with Gasteiger partial charge in [0.25, 0.3) is 0 Å². The highest BCUT2D eigenvalue weighted by molar-refractivity contribution is 5.89. The van der Waals surface area contributed by atoms with Gasteiger partial charge in [0.05, 0.1) is 17.3 Å². The Morgan fingerprint density at radius 3 is 2.42 bits per heavy atom. The highest BCUT2D eigenvalue weighted by Crippen LogP contribution is 2.31. The van der Waals surface area contributed by atoms with Crippen LogP contribution in [0.25, 0.3) is 0 Å². The summed E-state index contributed by atoms with van der Waals surface area (Å²) in [5.74, 6) is -0.943. The molecule has 2 N–H and O–H groups in total. The second kappa shape index (κ2) is 6.90. The summed E-state index contributed by atoms with van der Waals surface area (Å²) in [6.07, 6.45) is -4.62. The lowest BCUT2D eigenvalue weighted by Gasteiger charge is -2.17. The number of aryl methyl sites for hydroxylation is 1. The van der Waals surface area contributed by atoms with Gasteiger partial charge in [-0.05, 0) is 43.2 Å². The van der Waals surface area contributed by atoms with Gasteiger partial charge in [0.15, 0.2) is 0 Å². The van der Waals surface area contributed by atoms with E-state index in [2.05, 4.69) is 10.6 Å². The summed E-state index contributed by atoms with van der Waals surface area (Å²) in [7, 11) is 0. The van der Waals surface area contributed by atoms with Crippen LogP contribution in [-0.2, 0) is 6.18 Å². The Balaban J connectivity index is 2.11. The minimum absolute atomic E-state index is 0.389. The molecule has 0 saturated heterocycles. The number of rotatable bonds is 3. The average molecular weight is 340 g/mol. The summed E-state index contributed by atoms with van der Waals surface area (Å²) in [6.45, 7) is 3.60. The average Bonchev–Trinajstić information content (AvgIpc) is 2.48. The Kier molecular flexibility index (Phi) is 5.11. The van der Waals surface area contributed by atoms with E-state index in [1.54, 1.807) is 6.92 Å². The Hall–Kier alpha value is -2.57. The number of hydrogen-bond acceptors (Lipinski definition) is 1. The second-order valence-electron chi connectivity index (χ2n) is 5.37. The fourth-order valence-electron chi connectivity index (χ4n) is 2.30. The maximum absolute atomic E-state index is 13.6. The SMILES string of the molecule is Cc1ccccc1C(C)NC(=O)Nc1cc(C(F)(F)F)ccc1F. The molecule has 1 atom stereocenters. The quantitative estimate of drug-likeness (QED) is 0.756. The van der Waals surface area contributed by atoms with E-state index in [-0.39, 0.29) is 6.04 Å². The first-order valence-electron chi connectivity index (χ1n) is 7.18. The van der Waals surface area contributed by atoms with E-state index in [1.807, 2.05) is 31.2 Å². The predicted octanol–water partition coefficient (Wildman–Crippen LogP) is 5.04. The number of nitrogens with one attached hydrogen (secondary N) is 2. The zero-order valence-corrected chi connectivity index (χ0v) is 13.0. The van der Waals surface area contributed by atoms with Gasteiger partial charge in [-0.25, -0.2) is 9.18 Å². The molecular weight excluding hydrogens is 324 g/mol. The Bertz CT molecular complexity index is 744. The molecule has 0 radical (unpaired) electrons. The number of benzene rings is 2. The third-order valence-electron chi connectivity index (χ3n) is 3.54. The van der Waals surface area contributed by atoms with E-state index < -0.39 is 29.3 Å². The van der Waals surface area contributed by atoms with Crippen LogP contribution in [0.15, 0.2) is 42.5 Å². The van der Waals surface area contributed by atoms with Crippen LogP contribution in [0.2, 0.25) is 0 Å². The fourth-order valence-corrected chi connectivity index (χ4v) is 2.30. The van der Waals surface area contributed by atoms with Crippen molar-refractivity contribution < 1.29 is 22.4 Å². The van der Waals surface area contributed by atoms with Crippen molar-refractivity contribution in [3.8, 4) is 0 Å². The number of carbonyl (C=O) groups excluding carboxylic acids is 1. The maximum Gasteiger partial charge on any atom is 0.416 e. The number of amides is 2. The molecule has 0 aliphatic rings. The van der Waals surface area contributed by atoms with E-state index in [0.717, 1.165) is 11.1 Å². The van der Waals surface area contributed by atoms with Gasteiger partial charge in [0.1, 0.15) is 5.82 Å². The van der Waals surface area contributed by atoms with Crippen molar-refractivity contribution in [3.05, 3.63) is 65.0 Å². The fraction of sp³-hybridized carbons (Fsp3) is 0.235. The zero-order chi connectivity index (χ0) is 17.9. The normalized spacial score (nSPS) is 12.6. The smallest absolute Gasteiger partial charge is 0.331 e. The largest absolute Gasteiger partial charge is 0.416 e. The van der Waals surface area contributed by atoms with Crippen LogP contribution < -0.4 is 10.6 Å². The third-order valence-corrected chi connectivity index (χ3v) is 3.54. The van der Waals surface area contributed by atoms with Crippen LogP contribution in [0.5, 0.6) is 0 Å². The van der Waals surface area contributed by atoms with E-state index in [0.29, 0.717) is 18.2 Å². The standard InChI is InChI=1S/C17H16F4N2O/c1-10-5-3-4-6-13(10)11(2)22-16(24)23-15-9-12(17(19,20)21)7-8-14(15)18/h3-9,11H,1-2H3,(H2,22,23,24). The topological polar surface area (TPSA) is 41.1 Å². The Morgan fingerprint density at radius 2 is 1.79 bits per heavy atom. The lowest BCUT2D eigenvalue weighted by molar-refractivity contribution is -0.137. The van der Waals surface area contributed by atoms with Crippen molar-refractivity contribution in [2.75, 3.05) is 5.32 Å². The van der Waals surface area contributed by atoms with Gasteiger partial charge >= 0.3 is 12.2 Å². The molecule has 128 valence electrons. The number of carbonyl (C=O) groups is 1.